The summed E-state index contributed by atoms with van der Waals surface area (Å²) in [4.78, 5) is 37.0. The number of aromatic nitrogens is 4. The molecule has 4 aromatic rings. The highest BCUT2D eigenvalue weighted by Crippen LogP contribution is 2.48. The fourth-order valence-corrected chi connectivity index (χ4v) is 7.02. The maximum Gasteiger partial charge on any atom is 0.459 e. The van der Waals surface area contributed by atoms with Gasteiger partial charge in [0.1, 0.15) is 29.2 Å². The number of hydrogen-bond donors (Lipinski definition) is 4. The Kier molecular flexibility index (Phi) is 10.5. The van der Waals surface area contributed by atoms with E-state index >= 15 is 0 Å². The van der Waals surface area contributed by atoms with Crippen molar-refractivity contribution in [1.82, 2.24) is 24.6 Å². The normalized spacial score (nSPS) is 20.4. The first-order chi connectivity index (χ1) is 22.5. The number of aliphatic hydroxyl groups is 1. The number of hydrogen-bond acceptors (Lipinski definition) is 12. The summed E-state index contributed by atoms with van der Waals surface area (Å²) in [7, 11) is -4.50. The predicted octanol–water partition coefficient (Wildman–Crippen LogP) is 3.43. The summed E-state index contributed by atoms with van der Waals surface area (Å²) in [6.07, 6.45) is 0.275. The van der Waals surface area contributed by atoms with Crippen LogP contribution >= 0.6 is 7.75 Å². The van der Waals surface area contributed by atoms with Gasteiger partial charge in [-0.2, -0.15) is 5.09 Å². The summed E-state index contributed by atoms with van der Waals surface area (Å²) in [5.74, 6) is -1.39. The van der Waals surface area contributed by atoms with Crippen LogP contribution in [0.1, 0.15) is 44.0 Å². The molecule has 0 amide bonds. The fraction of sp³-hybridized carbons (Fsp3) is 0.387. The molecule has 3 heterocycles. The average Bonchev–Trinajstić information content (AvgIpc) is 3.64. The van der Waals surface area contributed by atoms with Gasteiger partial charge in [-0.3, -0.25) is 18.7 Å². The molecule has 1 saturated heterocycles. The lowest BCUT2D eigenvalue weighted by atomic mass is 9.94. The van der Waals surface area contributed by atoms with E-state index in [4.69, 9.17) is 24.3 Å². The van der Waals surface area contributed by atoms with Crippen molar-refractivity contribution in [2.45, 2.75) is 63.5 Å². The second-order valence-corrected chi connectivity index (χ2v) is 12.9. The highest BCUT2D eigenvalue weighted by atomic mass is 31.2. The van der Waals surface area contributed by atoms with Gasteiger partial charge in [-0.25, -0.2) is 19.5 Å². The first-order valence-corrected chi connectivity index (χ1v) is 16.6. The number of nitrogen functional groups attached to an aromatic ring is 1. The smallest absolute Gasteiger partial charge is 0.459 e. The minimum absolute atomic E-state index is 0.0440. The third kappa shape index (κ3) is 8.13. The van der Waals surface area contributed by atoms with Gasteiger partial charge in [0.25, 0.3) is 0 Å². The number of fused-ring (bicyclic) bond motifs is 1. The highest BCUT2D eigenvalue weighted by Gasteiger charge is 2.45. The Labute approximate surface area is 270 Å². The van der Waals surface area contributed by atoms with Gasteiger partial charge in [0.2, 0.25) is 0 Å². The number of aryl methyl sites for hydroxylation is 1. The van der Waals surface area contributed by atoms with E-state index in [9.17, 15) is 24.4 Å². The molecule has 250 valence electrons. The lowest BCUT2D eigenvalue weighted by molar-refractivity contribution is -0.144. The number of carboxylic acid groups (broad SMARTS) is 1. The van der Waals surface area contributed by atoms with E-state index in [2.05, 4.69) is 20.0 Å². The van der Waals surface area contributed by atoms with Gasteiger partial charge in [-0.1, -0.05) is 48.5 Å². The van der Waals surface area contributed by atoms with E-state index in [1.807, 2.05) is 0 Å². The van der Waals surface area contributed by atoms with E-state index in [0.717, 1.165) is 0 Å². The predicted molar refractivity (Wildman–Crippen MR) is 169 cm³/mol. The molecule has 1 aliphatic heterocycles. The number of carbonyl (C=O) groups excluding carboxylic acids is 1. The van der Waals surface area contributed by atoms with E-state index in [0.29, 0.717) is 22.3 Å². The molecule has 1 unspecified atom stereocenters. The van der Waals surface area contributed by atoms with Crippen LogP contribution in [0.3, 0.4) is 0 Å². The summed E-state index contributed by atoms with van der Waals surface area (Å²) < 4.78 is 39.1. The van der Waals surface area contributed by atoms with Gasteiger partial charge in [0.15, 0.2) is 17.7 Å². The van der Waals surface area contributed by atoms with E-state index in [1.165, 1.54) is 24.1 Å². The largest absolute Gasteiger partial charge is 0.480 e. The molecule has 5 atom stereocenters. The molecule has 1 fully saturated rings. The van der Waals surface area contributed by atoms with Crippen LogP contribution in [0.2, 0.25) is 0 Å². The van der Waals surface area contributed by atoms with Crippen molar-refractivity contribution in [2.75, 3.05) is 18.9 Å². The summed E-state index contributed by atoms with van der Waals surface area (Å²) in [5.41, 5.74) is 6.01. The highest BCUT2D eigenvalue weighted by molar-refractivity contribution is 7.52. The molecule has 5 rings (SSSR count). The van der Waals surface area contributed by atoms with Crippen molar-refractivity contribution in [3.63, 3.8) is 0 Å². The first-order valence-electron chi connectivity index (χ1n) is 15.0. The Hall–Kier alpha value is -4.40. The first kappa shape index (κ1) is 33.9. The number of nitrogens with zero attached hydrogens (tertiary/aromatic N) is 4. The number of imidazole rings is 1. The number of anilines is 1. The third-order valence-corrected chi connectivity index (χ3v) is 9.30. The van der Waals surface area contributed by atoms with Crippen LogP contribution in [-0.2, 0) is 41.0 Å². The number of aliphatic carboxylic acids is 1. The summed E-state index contributed by atoms with van der Waals surface area (Å²) in [5, 5.41) is 23.9. The van der Waals surface area contributed by atoms with Gasteiger partial charge in [0, 0.05) is 19.3 Å². The van der Waals surface area contributed by atoms with Crippen molar-refractivity contribution in [3.8, 4) is 5.75 Å². The maximum absolute atomic E-state index is 14.6. The number of nitrogens with one attached hydrogen (secondary N) is 1. The minimum atomic E-state index is -4.50. The van der Waals surface area contributed by atoms with E-state index in [-0.39, 0.29) is 50.5 Å². The molecule has 0 bridgehead atoms. The second kappa shape index (κ2) is 14.6. The van der Waals surface area contributed by atoms with Crippen LogP contribution in [0, 0.1) is 0 Å². The molecule has 5 N–H and O–H groups in total. The summed E-state index contributed by atoms with van der Waals surface area (Å²) in [6.45, 7) is 2.99. The van der Waals surface area contributed by atoms with E-state index in [1.54, 1.807) is 61.5 Å². The van der Waals surface area contributed by atoms with Crippen LogP contribution in [0.25, 0.3) is 11.2 Å². The van der Waals surface area contributed by atoms with Gasteiger partial charge in [0.05, 0.1) is 25.6 Å². The number of aliphatic hydroxyl groups excluding tert-OH is 1. The Morgan fingerprint density at radius 2 is 1.89 bits per heavy atom. The van der Waals surface area contributed by atoms with Gasteiger partial charge >= 0.3 is 19.7 Å². The third-order valence-electron chi connectivity index (χ3n) is 7.61. The topological polar surface area (TPSA) is 210 Å². The zero-order chi connectivity index (χ0) is 33.6. The van der Waals surface area contributed by atoms with Crippen molar-refractivity contribution in [1.29, 1.82) is 0 Å². The molecule has 1 aliphatic rings. The van der Waals surface area contributed by atoms with Gasteiger partial charge < -0.3 is 29.9 Å². The van der Waals surface area contributed by atoms with Crippen LogP contribution in [0.15, 0.2) is 67.3 Å². The molecule has 2 aromatic heterocycles. The Balaban J connectivity index is 1.39. The van der Waals surface area contributed by atoms with Crippen LogP contribution in [0.4, 0.5) is 5.82 Å². The van der Waals surface area contributed by atoms with Gasteiger partial charge in [-0.05, 0) is 37.5 Å². The lowest BCUT2D eigenvalue weighted by Crippen LogP contribution is -2.50. The number of ether oxygens (including phenoxy) is 2. The molecular weight excluding hydrogens is 631 g/mol. The quantitative estimate of drug-likeness (QED) is 0.106. The zero-order valence-corrected chi connectivity index (χ0v) is 26.8. The Bertz CT molecular complexity index is 1760. The van der Waals surface area contributed by atoms with Crippen LogP contribution in [0.5, 0.6) is 5.75 Å². The van der Waals surface area contributed by atoms with Crippen molar-refractivity contribution < 1.29 is 42.9 Å². The maximum atomic E-state index is 14.6. The standard InChI is InChI=1S/C31H37N6O9P/c1-3-43-25(39)14-13-21-11-7-8-12-24(21)46-47(42,36-31(2,30(40)41)16-20-9-5-4-6-10-20)44-17-22-15-23(38)29(45-22)37-19-35-26-27(32)33-18-34-28(26)37/h4-12,18-19,22-23,29,38H,3,13-17H2,1-2H3,(H,36,42)(H,40,41)(H2,32,33,34)/t22-,23+,29+,31-,47?/m0/s1. The molecule has 0 saturated carbocycles. The zero-order valence-electron chi connectivity index (χ0n) is 25.9. The van der Waals surface area contributed by atoms with Crippen LogP contribution in [-0.4, -0.2) is 72.6 Å². The molecule has 16 heteroatoms. The Morgan fingerprint density at radius 3 is 2.64 bits per heavy atom. The van der Waals surface area contributed by atoms with Crippen LogP contribution < -0.4 is 15.3 Å². The molecular formula is C31H37N6O9P. The molecule has 0 aliphatic carbocycles. The number of para-hydroxylation sites is 1. The second-order valence-electron chi connectivity index (χ2n) is 11.2. The number of carboxylic acids is 1. The average molecular weight is 669 g/mol. The number of benzene rings is 2. The number of nitrogens with two attached hydrogens (primary N) is 1. The lowest BCUT2D eigenvalue weighted by Gasteiger charge is -2.31. The Morgan fingerprint density at radius 1 is 1.15 bits per heavy atom. The molecule has 47 heavy (non-hydrogen) atoms. The van der Waals surface area contributed by atoms with E-state index < -0.39 is 43.7 Å². The minimum Gasteiger partial charge on any atom is -0.480 e. The SMILES string of the molecule is CCOC(=O)CCc1ccccc1OP(=O)(N[C@@](C)(Cc1ccccc1)C(=O)O)OC[C@@H]1C[C@@H](O)[C@H](n2cnc3c(N)ncnc32)O1. The van der Waals surface area contributed by atoms with Crippen molar-refractivity contribution in [3.05, 3.63) is 78.4 Å². The van der Waals surface area contributed by atoms with Crippen molar-refractivity contribution in [2.24, 2.45) is 0 Å². The van der Waals surface area contributed by atoms with Gasteiger partial charge in [-0.15, -0.1) is 0 Å². The molecule has 0 spiro atoms. The fourth-order valence-electron chi connectivity index (χ4n) is 5.27. The summed E-state index contributed by atoms with van der Waals surface area (Å²) >= 11 is 0. The monoisotopic (exact) mass is 668 g/mol. The summed E-state index contributed by atoms with van der Waals surface area (Å²) in [6, 6.07) is 15.5. The number of esters is 1. The number of carbonyl (C=O) groups is 2. The molecule has 2 aromatic carbocycles. The molecule has 0 radical (unpaired) electrons. The number of rotatable bonds is 15. The van der Waals surface area contributed by atoms with Crippen molar-refractivity contribution >= 4 is 36.7 Å². The molecule has 15 nitrogen and oxygen atoms in total.